The van der Waals surface area contributed by atoms with E-state index >= 15 is 0 Å². The molecule has 0 spiro atoms. The highest BCUT2D eigenvalue weighted by atomic mass is 28.4. The lowest BCUT2D eigenvalue weighted by molar-refractivity contribution is 0.0279. The molecule has 0 aliphatic carbocycles. The third-order valence-electron chi connectivity index (χ3n) is 7.79. The number of phenols is 1. The minimum atomic E-state index is -2.86. The molecular formula is C38H43FO5Si. The minimum Gasteiger partial charge on any atom is -0.505 e. The fourth-order valence-electron chi connectivity index (χ4n) is 5.53. The molecule has 236 valence electrons. The Kier molecular flexibility index (Phi) is 12.1. The van der Waals surface area contributed by atoms with Gasteiger partial charge in [-0.15, -0.1) is 5.73 Å². The maximum Gasteiger partial charge on any atom is 0.261 e. The van der Waals surface area contributed by atoms with Gasteiger partial charge in [-0.3, -0.25) is 0 Å². The molecule has 0 unspecified atom stereocenters. The third-order valence-corrected chi connectivity index (χ3v) is 12.8. The van der Waals surface area contributed by atoms with Gasteiger partial charge in [0.1, 0.15) is 0 Å². The van der Waals surface area contributed by atoms with Crippen LogP contribution in [-0.2, 0) is 15.8 Å². The maximum atomic E-state index is 13.9. The van der Waals surface area contributed by atoms with Crippen LogP contribution in [0.15, 0.2) is 127 Å². The van der Waals surface area contributed by atoms with Gasteiger partial charge in [0.05, 0.1) is 32.0 Å². The topological polar surface area (TPSA) is 79.2 Å². The lowest BCUT2D eigenvalue weighted by Gasteiger charge is -2.43. The van der Waals surface area contributed by atoms with E-state index in [4.69, 9.17) is 9.16 Å². The van der Waals surface area contributed by atoms with Crippen molar-refractivity contribution in [2.75, 3.05) is 13.2 Å². The molecule has 0 radical (unpaired) electrons. The molecule has 4 aromatic carbocycles. The lowest BCUT2D eigenvalue weighted by Crippen LogP contribution is -2.66. The van der Waals surface area contributed by atoms with Gasteiger partial charge in [0.2, 0.25) is 0 Å². The molecule has 0 aromatic heterocycles. The normalized spacial score (nSPS) is 13.1. The van der Waals surface area contributed by atoms with E-state index in [-0.39, 0.29) is 31.1 Å². The van der Waals surface area contributed by atoms with Gasteiger partial charge in [-0.05, 0) is 50.3 Å². The number of aliphatic hydroxyl groups excluding tert-OH is 2. The molecule has 7 heteroatoms. The number of ether oxygens (including phenoxy) is 1. The molecule has 0 aliphatic heterocycles. The van der Waals surface area contributed by atoms with Crippen molar-refractivity contribution in [3.05, 3.63) is 144 Å². The summed E-state index contributed by atoms with van der Waals surface area (Å²) in [7, 11) is -2.86. The molecule has 0 saturated carbocycles. The van der Waals surface area contributed by atoms with Crippen LogP contribution in [0.3, 0.4) is 0 Å². The zero-order valence-corrected chi connectivity index (χ0v) is 27.2. The summed E-state index contributed by atoms with van der Waals surface area (Å²) in [5.41, 5.74) is 5.38. The predicted molar refractivity (Wildman–Crippen MR) is 180 cm³/mol. The summed E-state index contributed by atoms with van der Waals surface area (Å²) >= 11 is 0. The Labute approximate surface area is 267 Å². The predicted octanol–water partition coefficient (Wildman–Crippen LogP) is 6.58. The summed E-state index contributed by atoms with van der Waals surface area (Å²) in [4.78, 5) is 0. The summed E-state index contributed by atoms with van der Waals surface area (Å²) in [5.74, 6) is -1.25. The summed E-state index contributed by atoms with van der Waals surface area (Å²) in [6, 6.07) is 34.3. The van der Waals surface area contributed by atoms with E-state index in [1.807, 2.05) is 66.7 Å². The van der Waals surface area contributed by atoms with E-state index in [0.717, 1.165) is 27.6 Å². The Hall–Kier alpha value is -3.81. The molecule has 45 heavy (non-hydrogen) atoms. The highest BCUT2D eigenvalue weighted by Gasteiger charge is 2.50. The molecular weight excluding hydrogens is 583 g/mol. The SMILES string of the molecule is CC(C)(C)[Si](OCC(=C=CC[C@@H](O)c1ccc(O)c(F)c1)C[C@@H](O)COCc1ccccc1)(c1ccccc1)c1ccccc1. The number of hydrogen-bond acceptors (Lipinski definition) is 5. The Morgan fingerprint density at radius 2 is 1.44 bits per heavy atom. The van der Waals surface area contributed by atoms with Crippen LogP contribution < -0.4 is 10.4 Å². The summed E-state index contributed by atoms with van der Waals surface area (Å²) < 4.78 is 26.8. The first-order valence-electron chi connectivity index (χ1n) is 15.2. The molecule has 4 aromatic rings. The number of rotatable bonds is 14. The minimum absolute atomic E-state index is 0.134. The van der Waals surface area contributed by atoms with E-state index in [1.54, 1.807) is 6.08 Å². The second-order valence-corrected chi connectivity index (χ2v) is 16.5. The van der Waals surface area contributed by atoms with Crippen LogP contribution >= 0.6 is 0 Å². The van der Waals surface area contributed by atoms with Crippen molar-refractivity contribution in [1.82, 2.24) is 0 Å². The number of halogens is 1. The first kappa shape index (κ1) is 34.1. The molecule has 5 nitrogen and oxygen atoms in total. The standard InChI is InChI=1S/C38H43FO5Si/c1-38(2,3)45(33-17-9-5-10-18-33,34-19-11-6-12-20-34)44-27-30(24-32(40)28-43-26-29-14-7-4-8-15-29)16-13-21-36(41)31-22-23-37(42)35(39)25-31/h4-15,17-20,22-23,25,32,36,40-42H,21,24,26-28H2,1-3H3/t16?,32-,36-/m1/s1. The summed E-state index contributed by atoms with van der Waals surface area (Å²) in [6.45, 7) is 7.35. The highest BCUT2D eigenvalue weighted by Crippen LogP contribution is 2.37. The average Bonchev–Trinajstić information content (AvgIpc) is 3.03. The molecule has 0 bridgehead atoms. The van der Waals surface area contributed by atoms with Gasteiger partial charge < -0.3 is 24.5 Å². The number of hydrogen-bond donors (Lipinski definition) is 3. The van der Waals surface area contributed by atoms with Crippen LogP contribution in [0.4, 0.5) is 4.39 Å². The van der Waals surface area contributed by atoms with Gasteiger partial charge in [0, 0.05) is 12.8 Å². The van der Waals surface area contributed by atoms with Crippen molar-refractivity contribution in [2.24, 2.45) is 0 Å². The molecule has 0 saturated heterocycles. The molecule has 0 amide bonds. The fourth-order valence-corrected chi connectivity index (χ4v) is 10.1. The Balaban J connectivity index is 1.61. The number of aromatic hydroxyl groups is 1. The van der Waals surface area contributed by atoms with Gasteiger partial charge >= 0.3 is 0 Å². The zero-order chi connectivity index (χ0) is 32.3. The number of aliphatic hydroxyl groups is 2. The van der Waals surface area contributed by atoms with Gasteiger partial charge in [-0.1, -0.05) is 118 Å². The first-order chi connectivity index (χ1) is 21.6. The maximum absolute atomic E-state index is 13.9. The first-order valence-corrected chi connectivity index (χ1v) is 17.1. The van der Waals surface area contributed by atoms with E-state index in [0.29, 0.717) is 12.2 Å². The molecule has 3 N–H and O–H groups in total. The Morgan fingerprint density at radius 1 is 0.867 bits per heavy atom. The van der Waals surface area contributed by atoms with Gasteiger partial charge in [0.15, 0.2) is 11.6 Å². The number of phenolic OH excluding ortho intramolecular Hbond substituents is 1. The van der Waals surface area contributed by atoms with E-state index in [1.165, 1.54) is 12.1 Å². The molecule has 0 heterocycles. The van der Waals surface area contributed by atoms with E-state index < -0.39 is 32.1 Å². The monoisotopic (exact) mass is 626 g/mol. The van der Waals surface area contributed by atoms with Crippen molar-refractivity contribution in [3.63, 3.8) is 0 Å². The quantitative estimate of drug-likeness (QED) is 0.109. The van der Waals surface area contributed by atoms with Gasteiger partial charge in [-0.25, -0.2) is 4.39 Å². The molecule has 2 atom stereocenters. The van der Waals surface area contributed by atoms with E-state index in [2.05, 4.69) is 50.8 Å². The zero-order valence-electron chi connectivity index (χ0n) is 26.2. The van der Waals surface area contributed by atoms with Crippen molar-refractivity contribution >= 4 is 18.7 Å². The van der Waals surface area contributed by atoms with Gasteiger partial charge in [0.25, 0.3) is 8.32 Å². The largest absolute Gasteiger partial charge is 0.505 e. The van der Waals surface area contributed by atoms with Crippen LogP contribution in [0.5, 0.6) is 5.75 Å². The highest BCUT2D eigenvalue weighted by molar-refractivity contribution is 6.99. The van der Waals surface area contributed by atoms with Crippen molar-refractivity contribution in [2.45, 2.75) is 57.5 Å². The van der Waals surface area contributed by atoms with Crippen LogP contribution in [-0.4, -0.2) is 43.0 Å². The molecule has 0 fully saturated rings. The number of benzene rings is 4. The van der Waals surface area contributed by atoms with Crippen molar-refractivity contribution in [1.29, 1.82) is 0 Å². The average molecular weight is 627 g/mol. The second-order valence-electron chi connectivity index (χ2n) is 12.2. The van der Waals surface area contributed by atoms with Gasteiger partial charge in [-0.2, -0.15) is 0 Å². The molecule has 0 aliphatic rings. The van der Waals surface area contributed by atoms with Crippen LogP contribution in [0, 0.1) is 5.82 Å². The summed E-state index contributed by atoms with van der Waals surface area (Å²) in [5, 5.41) is 33.3. The third kappa shape index (κ3) is 9.11. The van der Waals surface area contributed by atoms with Crippen molar-refractivity contribution < 1.29 is 28.9 Å². The molecule has 4 rings (SSSR count). The second kappa shape index (κ2) is 16.0. The fraction of sp³-hybridized carbons (Fsp3) is 0.289. The van der Waals surface area contributed by atoms with Crippen LogP contribution in [0.25, 0.3) is 0 Å². The lowest BCUT2D eigenvalue weighted by atomic mass is 10.1. The smallest absolute Gasteiger partial charge is 0.261 e. The van der Waals surface area contributed by atoms with E-state index in [9.17, 15) is 19.7 Å². The summed E-state index contributed by atoms with van der Waals surface area (Å²) in [6.07, 6.45) is 0.312. The van der Waals surface area contributed by atoms with Crippen LogP contribution in [0.1, 0.15) is 50.8 Å². The Morgan fingerprint density at radius 3 is 2.00 bits per heavy atom. The van der Waals surface area contributed by atoms with Crippen LogP contribution in [0.2, 0.25) is 5.04 Å². The van der Waals surface area contributed by atoms with Crippen molar-refractivity contribution in [3.8, 4) is 5.75 Å². The Bertz CT molecular complexity index is 1510.